The van der Waals surface area contributed by atoms with Gasteiger partial charge in [-0.05, 0) is 32.1 Å². The number of hydrogen-bond acceptors (Lipinski definition) is 13. The number of carbonyl (C=O) groups is 1. The molecule has 2 fully saturated rings. The van der Waals surface area contributed by atoms with Gasteiger partial charge in [0.15, 0.2) is 12.6 Å². The van der Waals surface area contributed by atoms with Gasteiger partial charge in [0.25, 0.3) is 0 Å². The number of amides is 1. The zero-order valence-electron chi connectivity index (χ0n) is 35.5. The zero-order chi connectivity index (χ0) is 42.5. The van der Waals surface area contributed by atoms with Crippen LogP contribution in [0.25, 0.3) is 0 Å². The average molecular weight is 832 g/mol. The molecule has 2 aliphatic heterocycles. The summed E-state index contributed by atoms with van der Waals surface area (Å²) in [6.07, 6.45) is 17.2. The van der Waals surface area contributed by atoms with Crippen LogP contribution in [0, 0.1) is 0 Å². The molecule has 2 rings (SSSR count). The second-order valence-electron chi connectivity index (χ2n) is 16.2. The van der Waals surface area contributed by atoms with Crippen LogP contribution in [0.3, 0.4) is 0 Å². The summed E-state index contributed by atoms with van der Waals surface area (Å²) in [5.74, 6) is -0.304. The maximum atomic E-state index is 12.5. The minimum atomic E-state index is -1.79. The Morgan fingerprint density at radius 3 is 1.66 bits per heavy atom. The normalized spacial score (nSPS) is 29.0. The van der Waals surface area contributed by atoms with Crippen molar-refractivity contribution in [2.45, 2.75) is 229 Å². The molecule has 1 amide bonds. The molecule has 14 heteroatoms. The van der Waals surface area contributed by atoms with Gasteiger partial charge in [0.1, 0.15) is 48.8 Å². The summed E-state index contributed by atoms with van der Waals surface area (Å²) in [6.45, 7) is 2.38. The molecule has 2 saturated heterocycles. The highest BCUT2D eigenvalue weighted by Gasteiger charge is 2.50. The van der Waals surface area contributed by atoms with Gasteiger partial charge in [-0.25, -0.2) is 0 Å². The third kappa shape index (κ3) is 20.4. The molecule has 0 aromatic rings. The van der Waals surface area contributed by atoms with Crippen molar-refractivity contribution >= 4 is 5.91 Å². The summed E-state index contributed by atoms with van der Waals surface area (Å²) in [6, 6.07) is -0.922. The molecule has 58 heavy (non-hydrogen) atoms. The van der Waals surface area contributed by atoms with E-state index < -0.39 is 86.8 Å². The van der Waals surface area contributed by atoms with Gasteiger partial charge in [0.05, 0.1) is 32.0 Å². The first-order valence-corrected chi connectivity index (χ1v) is 22.6. The molecule has 9 N–H and O–H groups in total. The number of carbonyl (C=O) groups excluding carboxylic acids is 1. The van der Waals surface area contributed by atoms with Gasteiger partial charge in [-0.15, -0.1) is 0 Å². The van der Waals surface area contributed by atoms with Gasteiger partial charge in [-0.3, -0.25) is 4.79 Å². The van der Waals surface area contributed by atoms with E-state index in [9.17, 15) is 45.6 Å². The molecule has 0 aliphatic carbocycles. The largest absolute Gasteiger partial charge is 0.394 e. The standard InChI is InChI=1S/C44H81NO13/c1-3-5-6-7-8-9-10-11-12-13-14-15-16-17-18-19-20-21-22-23-24-25-26-28-33(48)32(45-36(49)27-4-2)31-55-43-41(54)39(52)42(35(30-47)57-43)58-44-40(53)38(51)37(50)34(29-46)56-44/h22-23,26,28,32-35,37-44,46-48,50-54H,3-21,24-25,27,29-31H2,1-2H3,(H,45,49)/b23-22+,28-26+. The lowest BCUT2D eigenvalue weighted by Crippen LogP contribution is -2.65. The first kappa shape index (κ1) is 52.6. The molecular formula is C44H81NO13. The lowest BCUT2D eigenvalue weighted by atomic mass is 9.97. The topological polar surface area (TPSA) is 228 Å². The monoisotopic (exact) mass is 832 g/mol. The maximum absolute atomic E-state index is 12.5. The summed E-state index contributed by atoms with van der Waals surface area (Å²) < 4.78 is 22.3. The molecule has 0 aromatic carbocycles. The van der Waals surface area contributed by atoms with Crippen LogP contribution in [0.15, 0.2) is 24.3 Å². The van der Waals surface area contributed by atoms with Gasteiger partial charge >= 0.3 is 0 Å². The molecule has 0 radical (unpaired) electrons. The Hall–Kier alpha value is -1.53. The molecule has 12 atom stereocenters. The second-order valence-corrected chi connectivity index (χ2v) is 16.2. The van der Waals surface area contributed by atoms with Gasteiger partial charge in [0, 0.05) is 6.42 Å². The molecule has 0 spiro atoms. The van der Waals surface area contributed by atoms with Crippen LogP contribution in [0.2, 0.25) is 0 Å². The van der Waals surface area contributed by atoms with Crippen molar-refractivity contribution in [3.05, 3.63) is 24.3 Å². The smallest absolute Gasteiger partial charge is 0.220 e. The second kappa shape index (κ2) is 32.2. The summed E-state index contributed by atoms with van der Waals surface area (Å²) >= 11 is 0. The quantitative estimate of drug-likeness (QED) is 0.0334. The minimum absolute atomic E-state index is 0.224. The lowest BCUT2D eigenvalue weighted by Gasteiger charge is -2.46. The lowest BCUT2D eigenvalue weighted by molar-refractivity contribution is -0.359. The van der Waals surface area contributed by atoms with Gasteiger partial charge in [0.2, 0.25) is 5.91 Å². The molecule has 0 aromatic heterocycles. The molecule has 0 bridgehead atoms. The van der Waals surface area contributed by atoms with Crippen molar-refractivity contribution in [1.29, 1.82) is 0 Å². The van der Waals surface area contributed by atoms with Crippen LogP contribution in [-0.4, -0.2) is 140 Å². The highest BCUT2D eigenvalue weighted by molar-refractivity contribution is 5.76. The Labute approximate surface area is 348 Å². The van der Waals surface area contributed by atoms with Gasteiger partial charge < -0.3 is 65.1 Å². The Morgan fingerprint density at radius 1 is 0.603 bits per heavy atom. The van der Waals surface area contributed by atoms with Crippen LogP contribution < -0.4 is 5.32 Å². The summed E-state index contributed by atoms with van der Waals surface area (Å²) in [7, 11) is 0. The van der Waals surface area contributed by atoms with Gasteiger partial charge in [-0.2, -0.15) is 0 Å². The van der Waals surface area contributed by atoms with E-state index in [1.165, 1.54) is 109 Å². The van der Waals surface area contributed by atoms with E-state index in [2.05, 4.69) is 24.4 Å². The van der Waals surface area contributed by atoms with Crippen molar-refractivity contribution in [2.75, 3.05) is 19.8 Å². The number of aliphatic hydroxyl groups is 8. The number of unbranched alkanes of at least 4 members (excludes halogenated alkanes) is 18. The number of hydrogen-bond donors (Lipinski definition) is 9. The Bertz CT molecular complexity index is 1080. The molecule has 2 heterocycles. The van der Waals surface area contributed by atoms with E-state index >= 15 is 0 Å². The maximum Gasteiger partial charge on any atom is 0.220 e. The predicted octanol–water partition coefficient (Wildman–Crippen LogP) is 4.21. The van der Waals surface area contributed by atoms with Crippen LogP contribution >= 0.6 is 0 Å². The first-order chi connectivity index (χ1) is 28.1. The summed E-state index contributed by atoms with van der Waals surface area (Å²) in [5.41, 5.74) is 0. The minimum Gasteiger partial charge on any atom is -0.394 e. The van der Waals surface area contributed by atoms with Crippen molar-refractivity contribution in [1.82, 2.24) is 5.32 Å². The molecule has 2 aliphatic rings. The van der Waals surface area contributed by atoms with Crippen molar-refractivity contribution in [3.63, 3.8) is 0 Å². The Kier molecular flexibility index (Phi) is 29.2. The zero-order valence-corrected chi connectivity index (χ0v) is 35.5. The van der Waals surface area contributed by atoms with E-state index in [0.717, 1.165) is 12.8 Å². The predicted molar refractivity (Wildman–Crippen MR) is 221 cm³/mol. The fourth-order valence-electron chi connectivity index (χ4n) is 7.41. The highest BCUT2D eigenvalue weighted by atomic mass is 16.7. The van der Waals surface area contributed by atoms with Crippen molar-refractivity contribution < 1.29 is 64.6 Å². The number of nitrogens with one attached hydrogen (secondary N) is 1. The van der Waals surface area contributed by atoms with E-state index in [1.807, 2.05) is 13.0 Å². The number of ether oxygens (including phenoxy) is 4. The number of allylic oxidation sites excluding steroid dienone is 3. The third-order valence-electron chi connectivity index (χ3n) is 11.1. The Morgan fingerprint density at radius 2 is 1.10 bits per heavy atom. The first-order valence-electron chi connectivity index (χ1n) is 22.6. The van der Waals surface area contributed by atoms with E-state index in [-0.39, 0.29) is 18.9 Å². The van der Waals surface area contributed by atoms with Crippen molar-refractivity contribution in [3.8, 4) is 0 Å². The van der Waals surface area contributed by atoms with E-state index in [0.29, 0.717) is 12.8 Å². The molecule has 340 valence electrons. The summed E-state index contributed by atoms with van der Waals surface area (Å²) in [5, 5.41) is 85.5. The molecule has 0 saturated carbocycles. The Balaban J connectivity index is 1.68. The molecular weight excluding hydrogens is 750 g/mol. The SMILES string of the molecule is CCCCCCCCCCCCCCCCCCC/C=C/CC/C=C/C(O)C(COC1OC(CO)C(OC2OC(CO)C(O)C(O)C2O)C(O)C1O)NC(=O)CCC. The molecule has 12 unspecified atom stereocenters. The fraction of sp³-hybridized carbons (Fsp3) is 0.886. The highest BCUT2D eigenvalue weighted by Crippen LogP contribution is 2.30. The van der Waals surface area contributed by atoms with Crippen LogP contribution in [0.4, 0.5) is 0 Å². The third-order valence-corrected chi connectivity index (χ3v) is 11.1. The van der Waals surface area contributed by atoms with Crippen LogP contribution in [0.1, 0.15) is 155 Å². The van der Waals surface area contributed by atoms with Crippen LogP contribution in [0.5, 0.6) is 0 Å². The van der Waals surface area contributed by atoms with Crippen LogP contribution in [-0.2, 0) is 23.7 Å². The molecule has 14 nitrogen and oxygen atoms in total. The van der Waals surface area contributed by atoms with E-state index in [1.54, 1.807) is 6.08 Å². The van der Waals surface area contributed by atoms with E-state index in [4.69, 9.17) is 18.9 Å². The average Bonchev–Trinajstić information content (AvgIpc) is 3.21. The fourth-order valence-corrected chi connectivity index (χ4v) is 7.41. The van der Waals surface area contributed by atoms with Gasteiger partial charge in [-0.1, -0.05) is 141 Å². The number of aliphatic hydroxyl groups excluding tert-OH is 8. The number of rotatable bonds is 33. The summed E-state index contributed by atoms with van der Waals surface area (Å²) in [4.78, 5) is 12.5. The van der Waals surface area contributed by atoms with Crippen molar-refractivity contribution in [2.24, 2.45) is 0 Å².